The van der Waals surface area contributed by atoms with Gasteiger partial charge < -0.3 is 15.0 Å². The quantitative estimate of drug-likeness (QED) is 0.321. The fourth-order valence-corrected chi connectivity index (χ4v) is 5.69. The van der Waals surface area contributed by atoms with Crippen molar-refractivity contribution in [2.75, 3.05) is 24.5 Å². The minimum Gasteiger partial charge on any atom is -0.495 e. The van der Waals surface area contributed by atoms with E-state index in [2.05, 4.69) is 5.32 Å². The second-order valence-corrected chi connectivity index (χ2v) is 12.3. The number of hydrogen-bond acceptors (Lipinski definition) is 5. The van der Waals surface area contributed by atoms with Crippen LogP contribution in [0.15, 0.2) is 77.7 Å². The highest BCUT2D eigenvalue weighted by molar-refractivity contribution is 7.92. The molecule has 40 heavy (non-hydrogen) atoms. The number of sulfonamides is 1. The van der Waals surface area contributed by atoms with Crippen molar-refractivity contribution in [2.45, 2.75) is 45.2 Å². The summed E-state index contributed by atoms with van der Waals surface area (Å²) in [6.07, 6.45) is 0. The lowest BCUT2D eigenvalue weighted by Crippen LogP contribution is -2.51. The van der Waals surface area contributed by atoms with Crippen LogP contribution in [-0.4, -0.2) is 51.4 Å². The molecule has 3 aromatic carbocycles. The van der Waals surface area contributed by atoms with Crippen molar-refractivity contribution < 1.29 is 22.7 Å². The molecule has 8 nitrogen and oxygen atoms in total. The largest absolute Gasteiger partial charge is 0.495 e. The number of rotatable bonds is 12. The van der Waals surface area contributed by atoms with Gasteiger partial charge in [-0.05, 0) is 61.7 Å². The Balaban J connectivity index is 2.05. The van der Waals surface area contributed by atoms with Gasteiger partial charge in [0.25, 0.3) is 10.0 Å². The summed E-state index contributed by atoms with van der Waals surface area (Å²) in [5.41, 5.74) is 1.81. The van der Waals surface area contributed by atoms with Gasteiger partial charge >= 0.3 is 0 Å². The number of benzene rings is 3. The van der Waals surface area contributed by atoms with Crippen LogP contribution in [0, 0.1) is 12.8 Å². The summed E-state index contributed by atoms with van der Waals surface area (Å²) in [5.74, 6) is -0.396. The van der Waals surface area contributed by atoms with Gasteiger partial charge in [0.1, 0.15) is 18.3 Å². The van der Waals surface area contributed by atoms with E-state index in [1.807, 2.05) is 20.8 Å². The minimum atomic E-state index is -4.19. The van der Waals surface area contributed by atoms with E-state index in [-0.39, 0.29) is 34.7 Å². The molecule has 0 radical (unpaired) electrons. The van der Waals surface area contributed by atoms with Crippen LogP contribution in [0.2, 0.25) is 5.02 Å². The molecule has 3 rings (SSSR count). The second-order valence-electron chi connectivity index (χ2n) is 9.96. The van der Waals surface area contributed by atoms with Crippen LogP contribution in [0.3, 0.4) is 0 Å². The highest BCUT2D eigenvalue weighted by Crippen LogP contribution is 2.32. The molecule has 0 saturated heterocycles. The molecule has 0 spiro atoms. The van der Waals surface area contributed by atoms with E-state index >= 15 is 0 Å². The molecule has 1 N–H and O–H groups in total. The monoisotopic (exact) mass is 585 g/mol. The molecule has 10 heteroatoms. The number of anilines is 1. The first-order chi connectivity index (χ1) is 18.9. The maximum atomic E-state index is 14.0. The number of nitrogens with zero attached hydrogens (tertiary/aromatic N) is 2. The zero-order valence-corrected chi connectivity index (χ0v) is 25.0. The molecule has 0 saturated carbocycles. The first-order valence-corrected chi connectivity index (χ1v) is 14.8. The van der Waals surface area contributed by atoms with Gasteiger partial charge in [-0.1, -0.05) is 67.4 Å². The zero-order valence-electron chi connectivity index (χ0n) is 23.4. The van der Waals surface area contributed by atoms with Gasteiger partial charge in [-0.3, -0.25) is 13.9 Å². The average molecular weight is 586 g/mol. The zero-order chi connectivity index (χ0) is 29.4. The van der Waals surface area contributed by atoms with Crippen molar-refractivity contribution >= 4 is 39.1 Å². The fraction of sp³-hybridized carbons (Fsp3) is 0.333. The molecule has 0 heterocycles. The van der Waals surface area contributed by atoms with Crippen LogP contribution in [0.4, 0.5) is 5.69 Å². The lowest BCUT2D eigenvalue weighted by molar-refractivity contribution is -0.139. The maximum absolute atomic E-state index is 14.0. The summed E-state index contributed by atoms with van der Waals surface area (Å²) in [5, 5.41) is 3.35. The third kappa shape index (κ3) is 7.76. The van der Waals surface area contributed by atoms with Crippen molar-refractivity contribution in [3.8, 4) is 5.75 Å². The molecule has 214 valence electrons. The normalized spacial score (nSPS) is 12.1. The Labute approximate surface area is 241 Å². The van der Waals surface area contributed by atoms with Gasteiger partial charge in [0.15, 0.2) is 0 Å². The number of carbonyl (C=O) groups excluding carboxylic acids is 2. The molecule has 2 amide bonds. The second kappa shape index (κ2) is 13.7. The van der Waals surface area contributed by atoms with Gasteiger partial charge in [0, 0.05) is 18.1 Å². The number of nitrogens with one attached hydrogen (secondary N) is 1. The molecule has 0 aliphatic rings. The standard InChI is InChI=1S/C30H36ClN3O5S/c1-21(2)18-32-30(36)23(4)33(19-24-9-8-10-25(31)17-24)29(35)20-34(27-11-6-7-12-28(27)39-5)40(37,38)26-15-13-22(3)14-16-26/h6-17,21,23H,18-20H2,1-5H3,(H,32,36)/t23-/m0/s1. The predicted octanol–water partition coefficient (Wildman–Crippen LogP) is 5.04. The van der Waals surface area contributed by atoms with Crippen LogP contribution in [0.5, 0.6) is 5.75 Å². The van der Waals surface area contributed by atoms with E-state index in [4.69, 9.17) is 16.3 Å². The highest BCUT2D eigenvalue weighted by atomic mass is 35.5. The van der Waals surface area contributed by atoms with E-state index in [0.29, 0.717) is 17.1 Å². The number of halogens is 1. The molecule has 0 aliphatic carbocycles. The summed E-state index contributed by atoms with van der Waals surface area (Å²) < 4.78 is 34.4. The summed E-state index contributed by atoms with van der Waals surface area (Å²) in [7, 11) is -2.76. The number of hydrogen-bond donors (Lipinski definition) is 1. The van der Waals surface area contributed by atoms with Crippen LogP contribution in [0.1, 0.15) is 31.9 Å². The third-order valence-electron chi connectivity index (χ3n) is 6.34. The van der Waals surface area contributed by atoms with Crippen molar-refractivity contribution in [1.29, 1.82) is 0 Å². The van der Waals surface area contributed by atoms with E-state index in [1.165, 1.54) is 24.1 Å². The van der Waals surface area contributed by atoms with Gasteiger partial charge in [0.05, 0.1) is 17.7 Å². The summed E-state index contributed by atoms with van der Waals surface area (Å²) >= 11 is 6.19. The number of methoxy groups -OCH3 is 1. The number of aryl methyl sites for hydroxylation is 1. The van der Waals surface area contributed by atoms with Crippen LogP contribution in [-0.2, 0) is 26.2 Å². The Kier molecular flexibility index (Phi) is 10.6. The van der Waals surface area contributed by atoms with Crippen LogP contribution in [0.25, 0.3) is 0 Å². The highest BCUT2D eigenvalue weighted by Gasteiger charge is 2.33. The molecule has 0 unspecified atom stereocenters. The van der Waals surface area contributed by atoms with E-state index < -0.39 is 28.5 Å². The number of carbonyl (C=O) groups is 2. The molecular formula is C30H36ClN3O5S. The van der Waals surface area contributed by atoms with Gasteiger partial charge in [-0.15, -0.1) is 0 Å². The Bertz CT molecular complexity index is 1430. The molecule has 1 atom stereocenters. The lowest BCUT2D eigenvalue weighted by Gasteiger charge is -2.32. The summed E-state index contributed by atoms with van der Waals surface area (Å²) in [6.45, 7) is 7.37. The van der Waals surface area contributed by atoms with E-state index in [1.54, 1.807) is 67.6 Å². The summed E-state index contributed by atoms with van der Waals surface area (Å²) in [4.78, 5) is 28.5. The molecule has 3 aromatic rings. The van der Waals surface area contributed by atoms with Crippen molar-refractivity contribution in [3.05, 3.63) is 88.9 Å². The van der Waals surface area contributed by atoms with Gasteiger partial charge in [-0.25, -0.2) is 8.42 Å². The maximum Gasteiger partial charge on any atom is 0.264 e. The van der Waals surface area contributed by atoms with Crippen molar-refractivity contribution in [3.63, 3.8) is 0 Å². The van der Waals surface area contributed by atoms with Gasteiger partial charge in [-0.2, -0.15) is 0 Å². The first-order valence-electron chi connectivity index (χ1n) is 13.0. The predicted molar refractivity (Wildman–Crippen MR) is 158 cm³/mol. The van der Waals surface area contributed by atoms with Crippen molar-refractivity contribution in [1.82, 2.24) is 10.2 Å². The Hall–Kier alpha value is -3.56. The topological polar surface area (TPSA) is 96.0 Å². The number of amides is 2. The molecule has 0 fully saturated rings. The molecule has 0 bridgehead atoms. The third-order valence-corrected chi connectivity index (χ3v) is 8.34. The van der Waals surface area contributed by atoms with Crippen LogP contribution >= 0.6 is 11.6 Å². The smallest absolute Gasteiger partial charge is 0.264 e. The van der Waals surface area contributed by atoms with Crippen LogP contribution < -0.4 is 14.4 Å². The molecule has 0 aliphatic heterocycles. The Morgan fingerprint density at radius 2 is 1.65 bits per heavy atom. The van der Waals surface area contributed by atoms with E-state index in [0.717, 1.165) is 9.87 Å². The lowest BCUT2D eigenvalue weighted by atomic mass is 10.1. The number of ether oxygens (including phenoxy) is 1. The Morgan fingerprint density at radius 3 is 2.27 bits per heavy atom. The first kappa shape index (κ1) is 31.0. The number of para-hydroxylation sites is 2. The van der Waals surface area contributed by atoms with Crippen molar-refractivity contribution in [2.24, 2.45) is 5.92 Å². The Morgan fingerprint density at radius 1 is 0.975 bits per heavy atom. The fourth-order valence-electron chi connectivity index (χ4n) is 4.05. The molecular weight excluding hydrogens is 550 g/mol. The SMILES string of the molecule is COc1ccccc1N(CC(=O)N(Cc1cccc(Cl)c1)[C@@H](C)C(=O)NCC(C)C)S(=O)(=O)c1ccc(C)cc1. The molecule has 0 aromatic heterocycles. The minimum absolute atomic E-state index is 0.0286. The summed E-state index contributed by atoms with van der Waals surface area (Å²) in [6, 6.07) is 19.1. The van der Waals surface area contributed by atoms with Gasteiger partial charge in [0.2, 0.25) is 11.8 Å². The van der Waals surface area contributed by atoms with E-state index in [9.17, 15) is 18.0 Å². The average Bonchev–Trinajstić information content (AvgIpc) is 2.93.